The van der Waals surface area contributed by atoms with Gasteiger partial charge in [0, 0.05) is 22.1 Å². The van der Waals surface area contributed by atoms with Crippen molar-refractivity contribution in [3.05, 3.63) is 102 Å². The molecule has 5 rings (SSSR count). The minimum Gasteiger partial charge on any atom is -0.454 e. The molecule has 0 radical (unpaired) electrons. The van der Waals surface area contributed by atoms with Crippen LogP contribution in [0.1, 0.15) is 11.1 Å². The van der Waals surface area contributed by atoms with Gasteiger partial charge in [0.05, 0.1) is 5.69 Å². The third-order valence-electron chi connectivity index (χ3n) is 5.21. The molecule has 0 aliphatic heterocycles. The molecular formula is C26H21NO. The van der Waals surface area contributed by atoms with Crippen LogP contribution >= 0.6 is 0 Å². The van der Waals surface area contributed by atoms with E-state index in [1.807, 2.05) is 12.1 Å². The molecule has 0 N–H and O–H groups in total. The Morgan fingerprint density at radius 2 is 1.14 bits per heavy atom. The number of hydrogen-bond donors (Lipinski definition) is 0. The summed E-state index contributed by atoms with van der Waals surface area (Å²) in [6, 6.07) is 31.8. The molecule has 0 spiro atoms. The van der Waals surface area contributed by atoms with Gasteiger partial charge in [0.15, 0.2) is 5.58 Å². The predicted molar refractivity (Wildman–Crippen MR) is 118 cm³/mol. The van der Waals surface area contributed by atoms with E-state index in [1.54, 1.807) is 0 Å². The molecule has 0 aliphatic rings. The number of fused-ring (bicyclic) bond motifs is 3. The highest BCUT2D eigenvalue weighted by molar-refractivity contribution is 6.10. The normalized spacial score (nSPS) is 11.2. The molecule has 136 valence electrons. The Balaban J connectivity index is 1.79. The summed E-state index contributed by atoms with van der Waals surface area (Å²) in [5, 5.41) is 2.28. The molecule has 4 aromatic carbocycles. The Bertz CT molecular complexity index is 1220. The number of nitrogens with zero attached hydrogens (tertiary/aromatic N) is 1. The van der Waals surface area contributed by atoms with Gasteiger partial charge >= 0.3 is 0 Å². The summed E-state index contributed by atoms with van der Waals surface area (Å²) < 4.78 is 6.31. The van der Waals surface area contributed by atoms with E-state index in [1.165, 1.54) is 11.1 Å². The zero-order valence-electron chi connectivity index (χ0n) is 16.0. The topological polar surface area (TPSA) is 16.4 Å². The number of hydrogen-bond acceptors (Lipinski definition) is 2. The molecule has 2 nitrogen and oxygen atoms in total. The molecule has 0 amide bonds. The SMILES string of the molecule is Cc1ccc(N(c2ccc(C)cc2)c2cccc3c2oc2ccccc23)cc1. The quantitative estimate of drug-likeness (QED) is 0.327. The lowest BCUT2D eigenvalue weighted by Crippen LogP contribution is -2.10. The fraction of sp³-hybridized carbons (Fsp3) is 0.0769. The standard InChI is InChI=1S/C26H21NO/c1-18-10-14-20(15-11-18)27(21-16-12-19(2)13-17-21)24-8-5-7-23-22-6-3-4-9-25(22)28-26(23)24/h3-17H,1-2H3. The van der Waals surface area contributed by atoms with Crippen molar-refractivity contribution in [2.24, 2.45) is 0 Å². The van der Waals surface area contributed by atoms with Crippen LogP contribution in [0.15, 0.2) is 95.4 Å². The fourth-order valence-corrected chi connectivity index (χ4v) is 3.72. The van der Waals surface area contributed by atoms with E-state index in [0.29, 0.717) is 0 Å². The van der Waals surface area contributed by atoms with Crippen LogP contribution in [-0.4, -0.2) is 0 Å². The van der Waals surface area contributed by atoms with Gasteiger partial charge in [0.1, 0.15) is 5.58 Å². The van der Waals surface area contributed by atoms with E-state index in [4.69, 9.17) is 4.42 Å². The van der Waals surface area contributed by atoms with E-state index in [9.17, 15) is 0 Å². The molecule has 5 aromatic rings. The highest BCUT2D eigenvalue weighted by atomic mass is 16.3. The second-order valence-electron chi connectivity index (χ2n) is 7.26. The lowest BCUT2D eigenvalue weighted by Gasteiger charge is -2.25. The van der Waals surface area contributed by atoms with Gasteiger partial charge in [0.2, 0.25) is 0 Å². The van der Waals surface area contributed by atoms with Crippen molar-refractivity contribution in [1.29, 1.82) is 0 Å². The van der Waals surface area contributed by atoms with Gasteiger partial charge in [-0.15, -0.1) is 0 Å². The van der Waals surface area contributed by atoms with Crippen LogP contribution in [0.25, 0.3) is 21.9 Å². The van der Waals surface area contributed by atoms with Crippen LogP contribution in [0.2, 0.25) is 0 Å². The number of para-hydroxylation sites is 2. The second-order valence-corrected chi connectivity index (χ2v) is 7.26. The van der Waals surface area contributed by atoms with E-state index >= 15 is 0 Å². The van der Waals surface area contributed by atoms with Crippen molar-refractivity contribution >= 4 is 39.0 Å². The summed E-state index contributed by atoms with van der Waals surface area (Å²) in [5.41, 5.74) is 7.58. The highest BCUT2D eigenvalue weighted by Crippen LogP contribution is 2.41. The lowest BCUT2D eigenvalue weighted by molar-refractivity contribution is 0.669. The maximum absolute atomic E-state index is 6.31. The number of benzene rings is 4. The Morgan fingerprint density at radius 3 is 1.79 bits per heavy atom. The van der Waals surface area contributed by atoms with Gasteiger partial charge < -0.3 is 9.32 Å². The molecule has 0 saturated carbocycles. The molecule has 1 aromatic heterocycles. The van der Waals surface area contributed by atoms with Crippen LogP contribution in [-0.2, 0) is 0 Å². The molecule has 28 heavy (non-hydrogen) atoms. The third-order valence-corrected chi connectivity index (χ3v) is 5.21. The predicted octanol–water partition coefficient (Wildman–Crippen LogP) is 7.67. The minimum absolute atomic E-state index is 0.907. The Hall–Kier alpha value is -3.52. The summed E-state index contributed by atoms with van der Waals surface area (Å²) in [6.07, 6.45) is 0. The van der Waals surface area contributed by atoms with Gasteiger partial charge in [-0.25, -0.2) is 0 Å². The third kappa shape index (κ3) is 2.74. The molecule has 0 saturated heterocycles. The minimum atomic E-state index is 0.907. The Labute approximate surface area is 164 Å². The van der Waals surface area contributed by atoms with Crippen molar-refractivity contribution in [3.63, 3.8) is 0 Å². The van der Waals surface area contributed by atoms with Crippen molar-refractivity contribution < 1.29 is 4.42 Å². The molecule has 0 unspecified atom stereocenters. The summed E-state index contributed by atoms with van der Waals surface area (Å²) in [7, 11) is 0. The molecule has 0 fully saturated rings. The van der Waals surface area contributed by atoms with Crippen LogP contribution in [0.3, 0.4) is 0 Å². The van der Waals surface area contributed by atoms with Crippen molar-refractivity contribution in [2.45, 2.75) is 13.8 Å². The van der Waals surface area contributed by atoms with Gasteiger partial charge in [-0.05, 0) is 50.2 Å². The van der Waals surface area contributed by atoms with E-state index in [2.05, 4.69) is 97.6 Å². The van der Waals surface area contributed by atoms with Crippen molar-refractivity contribution in [2.75, 3.05) is 4.90 Å². The number of rotatable bonds is 3. The summed E-state index contributed by atoms with van der Waals surface area (Å²) in [6.45, 7) is 4.22. The largest absolute Gasteiger partial charge is 0.454 e. The van der Waals surface area contributed by atoms with Crippen molar-refractivity contribution in [1.82, 2.24) is 0 Å². The Morgan fingerprint density at radius 1 is 0.571 bits per heavy atom. The summed E-state index contributed by atoms with van der Waals surface area (Å²) >= 11 is 0. The van der Waals surface area contributed by atoms with Crippen LogP contribution < -0.4 is 4.90 Å². The maximum atomic E-state index is 6.31. The second kappa shape index (κ2) is 6.58. The molecule has 2 heteroatoms. The van der Waals surface area contributed by atoms with Gasteiger partial charge in [0.25, 0.3) is 0 Å². The number of aryl methyl sites for hydroxylation is 2. The average molecular weight is 363 g/mol. The molecule has 1 heterocycles. The first-order chi connectivity index (χ1) is 13.7. The van der Waals surface area contributed by atoms with Gasteiger partial charge in [-0.1, -0.05) is 65.7 Å². The fourth-order valence-electron chi connectivity index (χ4n) is 3.72. The molecule has 0 aliphatic carbocycles. The van der Waals surface area contributed by atoms with Crippen LogP contribution in [0.5, 0.6) is 0 Å². The zero-order chi connectivity index (χ0) is 19.1. The first kappa shape index (κ1) is 16.6. The average Bonchev–Trinajstić information content (AvgIpc) is 3.11. The van der Waals surface area contributed by atoms with Gasteiger partial charge in [-0.2, -0.15) is 0 Å². The molecule has 0 atom stereocenters. The monoisotopic (exact) mass is 363 g/mol. The molecule has 0 bridgehead atoms. The van der Waals surface area contributed by atoms with Gasteiger partial charge in [-0.3, -0.25) is 0 Å². The Kier molecular flexibility index (Phi) is 3.91. The first-order valence-electron chi connectivity index (χ1n) is 9.54. The summed E-state index contributed by atoms with van der Waals surface area (Å²) in [4.78, 5) is 2.27. The van der Waals surface area contributed by atoms with E-state index < -0.39 is 0 Å². The zero-order valence-corrected chi connectivity index (χ0v) is 16.0. The lowest BCUT2D eigenvalue weighted by atomic mass is 10.1. The van der Waals surface area contributed by atoms with E-state index in [-0.39, 0.29) is 0 Å². The number of furan rings is 1. The van der Waals surface area contributed by atoms with Crippen LogP contribution in [0.4, 0.5) is 17.1 Å². The van der Waals surface area contributed by atoms with E-state index in [0.717, 1.165) is 39.0 Å². The van der Waals surface area contributed by atoms with Crippen molar-refractivity contribution in [3.8, 4) is 0 Å². The maximum Gasteiger partial charge on any atom is 0.159 e. The first-order valence-corrected chi connectivity index (χ1v) is 9.54. The summed E-state index contributed by atoms with van der Waals surface area (Å²) in [5.74, 6) is 0. The number of anilines is 3. The molecular weight excluding hydrogens is 342 g/mol. The van der Waals surface area contributed by atoms with Crippen LogP contribution in [0, 0.1) is 13.8 Å². The highest BCUT2D eigenvalue weighted by Gasteiger charge is 2.18. The smallest absolute Gasteiger partial charge is 0.159 e.